The lowest BCUT2D eigenvalue weighted by Gasteiger charge is -2.18. The maximum Gasteiger partial charge on any atom is 0.235 e. The molecule has 1 aliphatic heterocycles. The van der Waals surface area contributed by atoms with E-state index in [0.29, 0.717) is 5.75 Å². The Morgan fingerprint density at radius 3 is 2.62 bits per heavy atom. The van der Waals surface area contributed by atoms with Gasteiger partial charge in [-0.25, -0.2) is 4.68 Å². The van der Waals surface area contributed by atoms with Crippen molar-refractivity contribution < 1.29 is 4.79 Å². The number of rotatable bonds is 2. The van der Waals surface area contributed by atoms with Crippen LogP contribution >= 0.6 is 11.8 Å². The Hall–Kier alpha value is -2.53. The zero-order valence-electron chi connectivity index (χ0n) is 15.1. The van der Waals surface area contributed by atoms with Crippen molar-refractivity contribution >= 4 is 23.5 Å². The number of carbonyl (C=O) groups is 1. The van der Waals surface area contributed by atoms with E-state index in [1.54, 1.807) is 11.8 Å². The van der Waals surface area contributed by atoms with Crippen LogP contribution < -0.4 is 5.32 Å². The average Bonchev–Trinajstić information content (AvgIpc) is 2.83. The van der Waals surface area contributed by atoms with Crippen molar-refractivity contribution in [2.75, 3.05) is 11.1 Å². The third-order valence-electron chi connectivity index (χ3n) is 4.72. The highest BCUT2D eigenvalue weighted by atomic mass is 32.2. The van der Waals surface area contributed by atoms with Gasteiger partial charge >= 0.3 is 0 Å². The van der Waals surface area contributed by atoms with Gasteiger partial charge in [-0.05, 0) is 44.0 Å². The van der Waals surface area contributed by atoms with Crippen LogP contribution in [0.25, 0.3) is 5.69 Å². The van der Waals surface area contributed by atoms with Gasteiger partial charge in [-0.15, -0.1) is 11.8 Å². The van der Waals surface area contributed by atoms with Crippen molar-refractivity contribution in [3.63, 3.8) is 0 Å². The standard InChI is InChI=1S/C21H21N3OS/c1-13-9-10-17(14(2)11-13)20-19-15(3)23-24(16-7-5-4-6-8-16)21(19)22-18(25)12-26-20/h4-11,20H,12H2,1-3H3,(H,22,25)/t20-/m0/s1. The number of hydrogen-bond donors (Lipinski definition) is 1. The molecule has 0 aliphatic carbocycles. The molecule has 1 aromatic heterocycles. The Kier molecular flexibility index (Phi) is 4.32. The molecule has 0 bridgehead atoms. The first-order valence-corrected chi connectivity index (χ1v) is 9.73. The van der Waals surface area contributed by atoms with E-state index in [2.05, 4.69) is 37.4 Å². The van der Waals surface area contributed by atoms with Crippen molar-refractivity contribution in [2.45, 2.75) is 26.0 Å². The van der Waals surface area contributed by atoms with Gasteiger partial charge in [0.15, 0.2) is 0 Å². The highest BCUT2D eigenvalue weighted by Gasteiger charge is 2.31. The monoisotopic (exact) mass is 363 g/mol. The van der Waals surface area contributed by atoms with Crippen LogP contribution in [0, 0.1) is 20.8 Å². The van der Waals surface area contributed by atoms with Gasteiger partial charge in [-0.3, -0.25) is 4.79 Å². The fraction of sp³-hybridized carbons (Fsp3) is 0.238. The first kappa shape index (κ1) is 16.9. The molecule has 3 aromatic rings. The average molecular weight is 363 g/mol. The van der Waals surface area contributed by atoms with Crippen LogP contribution in [0.15, 0.2) is 48.5 Å². The fourth-order valence-corrected chi connectivity index (χ4v) is 4.79. The van der Waals surface area contributed by atoms with Crippen molar-refractivity contribution in [3.8, 4) is 5.69 Å². The van der Waals surface area contributed by atoms with Crippen LogP contribution in [0.5, 0.6) is 0 Å². The van der Waals surface area contributed by atoms with E-state index in [4.69, 9.17) is 5.10 Å². The lowest BCUT2D eigenvalue weighted by Crippen LogP contribution is -2.15. The maximum absolute atomic E-state index is 12.4. The van der Waals surface area contributed by atoms with Gasteiger partial charge in [0, 0.05) is 5.56 Å². The molecular formula is C21H21N3OS. The second-order valence-electron chi connectivity index (χ2n) is 6.69. The molecule has 2 heterocycles. The molecule has 0 saturated carbocycles. The second kappa shape index (κ2) is 6.65. The van der Waals surface area contributed by atoms with Gasteiger partial charge in [0.25, 0.3) is 0 Å². The molecule has 1 N–H and O–H groups in total. The van der Waals surface area contributed by atoms with Crippen molar-refractivity contribution in [1.82, 2.24) is 9.78 Å². The van der Waals surface area contributed by atoms with Crippen molar-refractivity contribution in [2.24, 2.45) is 0 Å². The van der Waals surface area contributed by atoms with Gasteiger partial charge in [0.2, 0.25) is 5.91 Å². The molecule has 0 fully saturated rings. The molecule has 1 atom stereocenters. The largest absolute Gasteiger partial charge is 0.310 e. The van der Waals surface area contributed by atoms with Crippen LogP contribution in [0.3, 0.4) is 0 Å². The lowest BCUT2D eigenvalue weighted by atomic mass is 9.98. The summed E-state index contributed by atoms with van der Waals surface area (Å²) in [5.74, 6) is 1.23. The number of aromatic nitrogens is 2. The number of nitrogens with zero attached hydrogens (tertiary/aromatic N) is 2. The van der Waals surface area contributed by atoms with Crippen LogP contribution in [-0.2, 0) is 4.79 Å². The van der Waals surface area contributed by atoms with Crippen LogP contribution in [0.2, 0.25) is 0 Å². The molecule has 4 rings (SSSR count). The van der Waals surface area contributed by atoms with Gasteiger partial charge < -0.3 is 5.32 Å². The first-order valence-electron chi connectivity index (χ1n) is 8.68. The second-order valence-corrected chi connectivity index (χ2v) is 7.79. The number of fused-ring (bicyclic) bond motifs is 1. The summed E-state index contributed by atoms with van der Waals surface area (Å²) in [6.07, 6.45) is 0. The summed E-state index contributed by atoms with van der Waals surface area (Å²) in [5, 5.41) is 7.92. The van der Waals surface area contributed by atoms with Crippen LogP contribution in [0.4, 0.5) is 5.82 Å². The van der Waals surface area contributed by atoms with Gasteiger partial charge in [-0.1, -0.05) is 42.0 Å². The molecule has 0 spiro atoms. The number of amides is 1. The minimum atomic E-state index is 0.0144. The zero-order chi connectivity index (χ0) is 18.3. The summed E-state index contributed by atoms with van der Waals surface area (Å²) in [6.45, 7) is 6.26. The number of aryl methyl sites for hydroxylation is 3. The molecule has 26 heavy (non-hydrogen) atoms. The topological polar surface area (TPSA) is 46.9 Å². The molecule has 0 radical (unpaired) electrons. The Labute approximate surface area is 157 Å². The Bertz CT molecular complexity index is 978. The predicted molar refractivity (Wildman–Crippen MR) is 107 cm³/mol. The summed E-state index contributed by atoms with van der Waals surface area (Å²) in [7, 11) is 0. The normalized spacial score (nSPS) is 16.7. The summed E-state index contributed by atoms with van der Waals surface area (Å²) < 4.78 is 1.85. The number of anilines is 1. The van der Waals surface area contributed by atoms with Gasteiger partial charge in [0.1, 0.15) is 5.82 Å². The van der Waals surface area contributed by atoms with Crippen LogP contribution in [0.1, 0.15) is 33.2 Å². The fourth-order valence-electron chi connectivity index (χ4n) is 3.51. The van der Waals surface area contributed by atoms with Gasteiger partial charge in [0.05, 0.1) is 22.4 Å². The van der Waals surface area contributed by atoms with E-state index in [1.807, 2.05) is 41.9 Å². The number of nitrogens with one attached hydrogen (secondary N) is 1. The maximum atomic E-state index is 12.4. The van der Waals surface area contributed by atoms with E-state index in [9.17, 15) is 4.79 Å². The van der Waals surface area contributed by atoms with Gasteiger partial charge in [-0.2, -0.15) is 5.10 Å². The molecule has 0 unspecified atom stereocenters. The Balaban J connectivity index is 1.91. The number of hydrogen-bond acceptors (Lipinski definition) is 3. The first-order chi connectivity index (χ1) is 12.5. The minimum Gasteiger partial charge on any atom is -0.310 e. The number of para-hydroxylation sites is 1. The Morgan fingerprint density at radius 2 is 1.88 bits per heavy atom. The summed E-state index contributed by atoms with van der Waals surface area (Å²) in [5.41, 5.74) is 6.73. The molecule has 1 amide bonds. The third-order valence-corrected chi connectivity index (χ3v) is 5.97. The number of thioether (sulfide) groups is 1. The quantitative estimate of drug-likeness (QED) is 0.725. The molecule has 4 nitrogen and oxygen atoms in total. The molecular weight excluding hydrogens is 342 g/mol. The minimum absolute atomic E-state index is 0.0144. The summed E-state index contributed by atoms with van der Waals surface area (Å²) in [6, 6.07) is 16.5. The Morgan fingerprint density at radius 1 is 1.12 bits per heavy atom. The van der Waals surface area contributed by atoms with E-state index in [1.165, 1.54) is 16.7 Å². The van der Waals surface area contributed by atoms with Crippen molar-refractivity contribution in [3.05, 3.63) is 76.5 Å². The highest BCUT2D eigenvalue weighted by molar-refractivity contribution is 8.00. The number of carbonyl (C=O) groups excluding carboxylic acids is 1. The SMILES string of the molecule is Cc1ccc([C@@H]2SCC(=O)Nc3c2c(C)nn3-c2ccccc2)c(C)c1. The predicted octanol–water partition coefficient (Wildman–Crippen LogP) is 4.57. The smallest absolute Gasteiger partial charge is 0.235 e. The zero-order valence-corrected chi connectivity index (χ0v) is 15.9. The van der Waals surface area contributed by atoms with Crippen LogP contribution in [-0.4, -0.2) is 21.4 Å². The van der Waals surface area contributed by atoms with E-state index in [0.717, 1.165) is 22.8 Å². The van der Waals surface area contributed by atoms with Crippen molar-refractivity contribution in [1.29, 1.82) is 0 Å². The molecule has 132 valence electrons. The van der Waals surface area contributed by atoms with E-state index >= 15 is 0 Å². The number of benzene rings is 2. The van der Waals surface area contributed by atoms with E-state index < -0.39 is 0 Å². The molecule has 5 heteroatoms. The lowest BCUT2D eigenvalue weighted by molar-refractivity contribution is -0.113. The highest BCUT2D eigenvalue weighted by Crippen LogP contribution is 2.44. The summed E-state index contributed by atoms with van der Waals surface area (Å²) in [4.78, 5) is 12.4. The van der Waals surface area contributed by atoms with E-state index in [-0.39, 0.29) is 11.2 Å². The molecule has 0 saturated heterocycles. The molecule has 1 aliphatic rings. The summed E-state index contributed by atoms with van der Waals surface area (Å²) >= 11 is 1.67. The molecule has 2 aromatic carbocycles. The third kappa shape index (κ3) is 2.92.